The van der Waals surface area contributed by atoms with Crippen LogP contribution < -0.4 is 11.1 Å². The molecular formula is C25H32N6OS. The topological polar surface area (TPSA) is 98.2 Å². The molecule has 0 aliphatic carbocycles. The van der Waals surface area contributed by atoms with Gasteiger partial charge in [-0.15, -0.1) is 21.5 Å². The molecular weight excluding hydrogens is 432 g/mol. The molecule has 0 saturated carbocycles. The van der Waals surface area contributed by atoms with Crippen LogP contribution in [0.25, 0.3) is 5.00 Å². The summed E-state index contributed by atoms with van der Waals surface area (Å²) in [6, 6.07) is 8.01. The Kier molecular flexibility index (Phi) is 7.05. The van der Waals surface area contributed by atoms with Gasteiger partial charge in [-0.2, -0.15) is 0 Å². The third-order valence-corrected chi connectivity index (χ3v) is 7.34. The first kappa shape index (κ1) is 23.3. The van der Waals surface area contributed by atoms with Crippen LogP contribution in [0, 0.1) is 27.7 Å². The summed E-state index contributed by atoms with van der Waals surface area (Å²) in [5, 5.41) is 12.9. The van der Waals surface area contributed by atoms with Crippen LogP contribution in [-0.2, 0) is 4.79 Å². The number of thiophene rings is 1. The minimum absolute atomic E-state index is 0.0230. The molecule has 1 aliphatic rings. The summed E-state index contributed by atoms with van der Waals surface area (Å²) in [6.45, 7) is 9.64. The molecule has 7 nitrogen and oxygen atoms in total. The van der Waals surface area contributed by atoms with E-state index in [4.69, 9.17) is 10.7 Å². The Morgan fingerprint density at radius 1 is 1.09 bits per heavy atom. The van der Waals surface area contributed by atoms with Gasteiger partial charge in [0.05, 0.1) is 12.1 Å². The van der Waals surface area contributed by atoms with Crippen molar-refractivity contribution < 1.29 is 4.79 Å². The third kappa shape index (κ3) is 4.77. The largest absolute Gasteiger partial charge is 0.356 e. The molecule has 3 N–H and O–H groups in total. The van der Waals surface area contributed by atoms with E-state index in [1.165, 1.54) is 16.0 Å². The number of unbranched alkanes of at least 4 members (excludes halogenated alkanes) is 2. The molecule has 0 saturated heterocycles. The quantitative estimate of drug-likeness (QED) is 0.491. The van der Waals surface area contributed by atoms with E-state index in [0.717, 1.165) is 52.8 Å². The number of benzene rings is 1. The molecule has 4 rings (SSSR count). The van der Waals surface area contributed by atoms with E-state index in [1.807, 2.05) is 6.92 Å². The summed E-state index contributed by atoms with van der Waals surface area (Å²) in [7, 11) is 0. The summed E-state index contributed by atoms with van der Waals surface area (Å²) in [4.78, 5) is 19.2. The molecule has 3 aromatic rings. The summed E-state index contributed by atoms with van der Waals surface area (Å²) in [6.07, 6.45) is 3.16. The van der Waals surface area contributed by atoms with Crippen LogP contribution in [0.15, 0.2) is 29.3 Å². The summed E-state index contributed by atoms with van der Waals surface area (Å²) in [5.41, 5.74) is 11.0. The van der Waals surface area contributed by atoms with Gasteiger partial charge < -0.3 is 11.1 Å². The molecule has 174 valence electrons. The zero-order chi connectivity index (χ0) is 23.5. The number of aromatic nitrogens is 3. The van der Waals surface area contributed by atoms with Crippen molar-refractivity contribution in [2.75, 3.05) is 13.1 Å². The second kappa shape index (κ2) is 9.97. The number of hydrogen-bond donors (Lipinski definition) is 2. The van der Waals surface area contributed by atoms with Crippen molar-refractivity contribution in [3.05, 3.63) is 63.0 Å². The first-order valence-corrected chi connectivity index (χ1v) is 12.4. The van der Waals surface area contributed by atoms with Gasteiger partial charge in [0, 0.05) is 22.5 Å². The first-order valence-electron chi connectivity index (χ1n) is 11.5. The average Bonchev–Trinajstić information content (AvgIpc) is 3.26. The van der Waals surface area contributed by atoms with Crippen molar-refractivity contribution in [2.45, 2.75) is 59.4 Å². The van der Waals surface area contributed by atoms with E-state index >= 15 is 0 Å². The Morgan fingerprint density at radius 3 is 2.58 bits per heavy atom. The second-order valence-electron chi connectivity index (χ2n) is 8.67. The molecule has 1 aliphatic heterocycles. The average molecular weight is 465 g/mol. The van der Waals surface area contributed by atoms with Gasteiger partial charge in [0.1, 0.15) is 16.9 Å². The normalized spacial score (nSPS) is 14.9. The molecule has 1 amide bonds. The van der Waals surface area contributed by atoms with Gasteiger partial charge in [-0.3, -0.25) is 14.4 Å². The van der Waals surface area contributed by atoms with Crippen molar-refractivity contribution in [1.82, 2.24) is 20.1 Å². The zero-order valence-corrected chi connectivity index (χ0v) is 20.6. The van der Waals surface area contributed by atoms with Crippen LogP contribution in [0.3, 0.4) is 0 Å². The highest BCUT2D eigenvalue weighted by atomic mass is 32.1. The van der Waals surface area contributed by atoms with Gasteiger partial charge in [0.15, 0.2) is 5.82 Å². The van der Waals surface area contributed by atoms with E-state index in [0.29, 0.717) is 13.1 Å². The molecule has 0 fully saturated rings. The van der Waals surface area contributed by atoms with Crippen molar-refractivity contribution in [1.29, 1.82) is 0 Å². The highest BCUT2D eigenvalue weighted by molar-refractivity contribution is 7.15. The standard InChI is InChI=1S/C25H32N6OS/c1-15-8-10-19(11-9-15)23-22-16(2)17(3)33-25(22)31-18(4)29-30-24(31)20(28-23)14-21(32)27-13-7-5-6-12-26/h8-11,20H,5-7,12-14,26H2,1-4H3,(H,27,32)/t20-/m0/s1. The molecule has 0 bridgehead atoms. The highest BCUT2D eigenvalue weighted by Gasteiger charge is 2.32. The maximum atomic E-state index is 12.8. The van der Waals surface area contributed by atoms with Gasteiger partial charge in [0.25, 0.3) is 0 Å². The number of amides is 1. The fraction of sp³-hybridized carbons (Fsp3) is 0.440. The number of rotatable bonds is 8. The number of nitrogens with two attached hydrogens (primary N) is 1. The lowest BCUT2D eigenvalue weighted by molar-refractivity contribution is -0.121. The first-order chi connectivity index (χ1) is 15.9. The monoisotopic (exact) mass is 464 g/mol. The predicted octanol–water partition coefficient (Wildman–Crippen LogP) is 4.09. The van der Waals surface area contributed by atoms with Gasteiger partial charge in [0.2, 0.25) is 5.91 Å². The fourth-order valence-corrected chi connectivity index (χ4v) is 5.37. The molecule has 33 heavy (non-hydrogen) atoms. The molecule has 1 atom stereocenters. The Labute approximate surface area is 199 Å². The van der Waals surface area contributed by atoms with Gasteiger partial charge in [-0.25, -0.2) is 0 Å². The van der Waals surface area contributed by atoms with Crippen LogP contribution in [0.1, 0.15) is 70.5 Å². The van der Waals surface area contributed by atoms with Gasteiger partial charge in [-0.05, 0) is 52.6 Å². The SMILES string of the molecule is Cc1ccc(C2=N[C@@H](CC(=O)NCCCCCN)c3nnc(C)n3-c3sc(C)c(C)c32)cc1. The van der Waals surface area contributed by atoms with Crippen LogP contribution in [0.4, 0.5) is 0 Å². The predicted molar refractivity (Wildman–Crippen MR) is 134 cm³/mol. The molecule has 1 aromatic carbocycles. The maximum absolute atomic E-state index is 12.8. The van der Waals surface area contributed by atoms with Crippen LogP contribution in [0.5, 0.6) is 0 Å². The number of carbonyl (C=O) groups is 1. The third-order valence-electron chi connectivity index (χ3n) is 6.15. The van der Waals surface area contributed by atoms with Crippen molar-refractivity contribution >= 4 is 23.0 Å². The number of nitrogens with one attached hydrogen (secondary N) is 1. The lowest BCUT2D eigenvalue weighted by atomic mass is 9.99. The van der Waals surface area contributed by atoms with Gasteiger partial charge >= 0.3 is 0 Å². The number of nitrogens with zero attached hydrogens (tertiary/aromatic N) is 4. The number of hydrogen-bond acceptors (Lipinski definition) is 6. The summed E-state index contributed by atoms with van der Waals surface area (Å²) < 4.78 is 2.09. The van der Waals surface area contributed by atoms with E-state index in [1.54, 1.807) is 11.3 Å². The van der Waals surface area contributed by atoms with Crippen molar-refractivity contribution in [3.63, 3.8) is 0 Å². The molecule has 0 spiro atoms. The van der Waals surface area contributed by atoms with Crippen molar-refractivity contribution in [3.8, 4) is 5.00 Å². The molecule has 3 heterocycles. The van der Waals surface area contributed by atoms with Crippen LogP contribution in [0.2, 0.25) is 0 Å². The highest BCUT2D eigenvalue weighted by Crippen LogP contribution is 2.39. The van der Waals surface area contributed by atoms with Crippen LogP contribution in [-0.4, -0.2) is 39.5 Å². The second-order valence-corrected chi connectivity index (χ2v) is 9.87. The number of aliphatic imine (C=N–C) groups is 1. The summed E-state index contributed by atoms with van der Waals surface area (Å²) in [5.74, 6) is 1.50. The van der Waals surface area contributed by atoms with Gasteiger partial charge in [-0.1, -0.05) is 36.2 Å². The smallest absolute Gasteiger partial charge is 0.222 e. The lowest BCUT2D eigenvalue weighted by Crippen LogP contribution is -2.26. The number of fused-ring (bicyclic) bond motifs is 3. The Balaban J connectivity index is 1.73. The van der Waals surface area contributed by atoms with Crippen molar-refractivity contribution in [2.24, 2.45) is 10.7 Å². The number of carbonyl (C=O) groups excluding carboxylic acids is 1. The lowest BCUT2D eigenvalue weighted by Gasteiger charge is -2.13. The fourth-order valence-electron chi connectivity index (χ4n) is 4.16. The molecule has 2 aromatic heterocycles. The Morgan fingerprint density at radius 2 is 1.85 bits per heavy atom. The maximum Gasteiger partial charge on any atom is 0.222 e. The van der Waals surface area contributed by atoms with E-state index < -0.39 is 6.04 Å². The molecule has 8 heteroatoms. The minimum Gasteiger partial charge on any atom is -0.356 e. The Hall–Kier alpha value is -2.84. The Bertz CT molecular complexity index is 1170. The zero-order valence-electron chi connectivity index (χ0n) is 19.8. The molecule has 0 radical (unpaired) electrons. The number of aryl methyl sites for hydroxylation is 3. The van der Waals surface area contributed by atoms with E-state index in [-0.39, 0.29) is 12.3 Å². The molecule has 0 unspecified atom stereocenters. The summed E-state index contributed by atoms with van der Waals surface area (Å²) >= 11 is 1.73. The van der Waals surface area contributed by atoms with Crippen LogP contribution >= 0.6 is 11.3 Å². The van der Waals surface area contributed by atoms with E-state index in [2.05, 4.69) is 65.1 Å². The minimum atomic E-state index is -0.411. The van der Waals surface area contributed by atoms with E-state index in [9.17, 15) is 4.79 Å².